The van der Waals surface area contributed by atoms with Crippen LogP contribution in [0, 0.1) is 6.92 Å². The summed E-state index contributed by atoms with van der Waals surface area (Å²) in [6.45, 7) is 8.27. The fourth-order valence-corrected chi connectivity index (χ4v) is 5.16. The first-order valence-corrected chi connectivity index (χ1v) is 12.0. The van der Waals surface area contributed by atoms with Crippen LogP contribution in [0.1, 0.15) is 35.2 Å². The van der Waals surface area contributed by atoms with Crippen molar-refractivity contribution in [2.75, 3.05) is 19.7 Å². The molecule has 0 saturated carbocycles. The predicted octanol–water partition coefficient (Wildman–Crippen LogP) is 4.09. The van der Waals surface area contributed by atoms with Gasteiger partial charge in [0.2, 0.25) is 0 Å². The number of furan rings is 1. The van der Waals surface area contributed by atoms with Crippen LogP contribution in [-0.4, -0.2) is 41.4 Å². The topological polar surface area (TPSA) is 96.7 Å². The maximum Gasteiger partial charge on any atom is 0.305 e. The van der Waals surface area contributed by atoms with E-state index in [0.717, 1.165) is 38.4 Å². The van der Waals surface area contributed by atoms with Crippen LogP contribution in [0.5, 0.6) is 5.75 Å². The fraction of sp³-hybridized carbons (Fsp3) is 0.318. The number of hydrogen-bond donors (Lipinski definition) is 2. The van der Waals surface area contributed by atoms with Crippen LogP contribution in [0.3, 0.4) is 0 Å². The smallest absolute Gasteiger partial charge is 0.305 e. The van der Waals surface area contributed by atoms with E-state index in [1.54, 1.807) is 34.8 Å². The van der Waals surface area contributed by atoms with Gasteiger partial charge >= 0.3 is 5.91 Å². The average molecular weight is 473 g/mol. The molecular weight excluding hydrogens is 448 g/mol. The number of rotatable bonds is 8. The molecule has 0 bridgehead atoms. The summed E-state index contributed by atoms with van der Waals surface area (Å²) < 4.78 is 13.4. The third-order valence-corrected chi connectivity index (χ3v) is 6.84. The van der Waals surface area contributed by atoms with Gasteiger partial charge in [0.15, 0.2) is 12.4 Å². The lowest BCUT2D eigenvalue weighted by molar-refractivity contribution is -0.123. The summed E-state index contributed by atoms with van der Waals surface area (Å²) in [5.41, 5.74) is 5.69. The number of aromatic nitrogens is 1. The van der Waals surface area contributed by atoms with Gasteiger partial charge < -0.3 is 9.15 Å². The minimum Gasteiger partial charge on any atom is -0.483 e. The highest BCUT2D eigenvalue weighted by molar-refractivity contribution is 7.21. The highest BCUT2D eigenvalue weighted by Crippen LogP contribution is 2.38. The highest BCUT2D eigenvalue weighted by Gasteiger charge is 2.16. The molecule has 3 aromatic heterocycles. The van der Waals surface area contributed by atoms with Gasteiger partial charge in [0.25, 0.3) is 5.91 Å². The lowest BCUT2D eigenvalue weighted by Crippen LogP contribution is -2.43. The normalized spacial score (nSPS) is 11.4. The number of amides is 2. The zero-order valence-corrected chi connectivity index (χ0v) is 19.7. The number of thiazole rings is 1. The number of hydrogen-bond acceptors (Lipinski definition) is 8. The summed E-state index contributed by atoms with van der Waals surface area (Å²) in [6.07, 6.45) is 0. The molecule has 32 heavy (non-hydrogen) atoms. The maximum absolute atomic E-state index is 12.3. The predicted molar refractivity (Wildman–Crippen MR) is 126 cm³/mol. The van der Waals surface area contributed by atoms with E-state index in [4.69, 9.17) is 9.15 Å². The number of thiophene rings is 1. The van der Waals surface area contributed by atoms with Crippen molar-refractivity contribution in [3.05, 3.63) is 46.2 Å². The van der Waals surface area contributed by atoms with Gasteiger partial charge in [0.1, 0.15) is 11.5 Å². The molecule has 0 atom stereocenters. The standard InChI is InChI=1S/C22H24N4O4S2/c1-4-26(5-2)11-14-6-7-16(30-14)22(28)25-24-19(27)12-29-17-10-18-20(23-13(3)32-18)21-15(17)8-9-31-21/h6-10H,4-5,11-12H2,1-3H3,(H,24,27)(H,25,28). The average Bonchev–Trinajstić information content (AvgIpc) is 3.52. The van der Waals surface area contributed by atoms with E-state index < -0.39 is 11.8 Å². The Bertz CT molecular complexity index is 1260. The SMILES string of the molecule is CCN(CC)Cc1ccc(C(=O)NNC(=O)COc2cc3sc(C)nc3c3sccc23)o1. The third-order valence-electron chi connectivity index (χ3n) is 5.00. The summed E-state index contributed by atoms with van der Waals surface area (Å²) >= 11 is 3.18. The second-order valence-corrected chi connectivity index (χ2v) is 9.29. The van der Waals surface area contributed by atoms with Crippen molar-refractivity contribution in [2.24, 2.45) is 0 Å². The number of carbonyl (C=O) groups is 2. The van der Waals surface area contributed by atoms with E-state index in [0.29, 0.717) is 18.1 Å². The molecule has 0 unspecified atom stereocenters. The van der Waals surface area contributed by atoms with Gasteiger partial charge in [-0.3, -0.25) is 25.3 Å². The monoisotopic (exact) mass is 472 g/mol. The Morgan fingerprint density at radius 2 is 2.00 bits per heavy atom. The first-order valence-electron chi connectivity index (χ1n) is 10.3. The molecule has 3 heterocycles. The van der Waals surface area contributed by atoms with Gasteiger partial charge in [-0.1, -0.05) is 13.8 Å². The number of nitrogens with one attached hydrogen (secondary N) is 2. The molecule has 4 rings (SSSR count). The highest BCUT2D eigenvalue weighted by atomic mass is 32.1. The Morgan fingerprint density at radius 1 is 1.19 bits per heavy atom. The summed E-state index contributed by atoms with van der Waals surface area (Å²) in [5.74, 6) is 0.454. The van der Waals surface area contributed by atoms with Crippen LogP contribution >= 0.6 is 22.7 Å². The lowest BCUT2D eigenvalue weighted by Gasteiger charge is -2.15. The summed E-state index contributed by atoms with van der Waals surface area (Å²) in [4.78, 5) is 31.3. The first-order chi connectivity index (χ1) is 15.5. The Labute approximate surface area is 193 Å². The molecular formula is C22H24N4O4S2. The van der Waals surface area contributed by atoms with Crippen LogP contribution in [0.15, 0.2) is 34.1 Å². The molecule has 0 spiro atoms. The zero-order valence-electron chi connectivity index (χ0n) is 18.1. The molecule has 0 fully saturated rings. The summed E-state index contributed by atoms with van der Waals surface area (Å²) in [5, 5.41) is 3.87. The Balaban J connectivity index is 1.33. The van der Waals surface area contributed by atoms with Crippen molar-refractivity contribution in [1.82, 2.24) is 20.7 Å². The summed E-state index contributed by atoms with van der Waals surface area (Å²) in [7, 11) is 0. The number of ether oxygens (including phenoxy) is 1. The number of carbonyl (C=O) groups excluding carboxylic acids is 2. The molecule has 1 aromatic carbocycles. The quantitative estimate of drug-likeness (QED) is 0.375. The Hall–Kier alpha value is -2.95. The Kier molecular flexibility index (Phi) is 6.73. The molecule has 168 valence electrons. The molecule has 0 radical (unpaired) electrons. The van der Waals surface area contributed by atoms with Crippen LogP contribution < -0.4 is 15.6 Å². The molecule has 0 aliphatic carbocycles. The van der Waals surface area contributed by atoms with Gasteiger partial charge in [0.05, 0.1) is 26.5 Å². The first kappa shape index (κ1) is 22.3. The van der Waals surface area contributed by atoms with Crippen molar-refractivity contribution in [2.45, 2.75) is 27.3 Å². The van der Waals surface area contributed by atoms with Crippen LogP contribution in [0.4, 0.5) is 0 Å². The second-order valence-electron chi connectivity index (χ2n) is 7.14. The minimum absolute atomic E-state index is 0.138. The molecule has 0 aliphatic heterocycles. The second kappa shape index (κ2) is 9.68. The molecule has 2 amide bonds. The Morgan fingerprint density at radius 3 is 2.78 bits per heavy atom. The molecule has 4 aromatic rings. The maximum atomic E-state index is 12.3. The number of fused-ring (bicyclic) bond motifs is 3. The zero-order chi connectivity index (χ0) is 22.7. The minimum atomic E-state index is -0.522. The van der Waals surface area contributed by atoms with Gasteiger partial charge in [-0.15, -0.1) is 22.7 Å². The fourth-order valence-electron chi connectivity index (χ4n) is 3.33. The number of aryl methyl sites for hydroxylation is 1. The van der Waals surface area contributed by atoms with Gasteiger partial charge in [0, 0.05) is 11.5 Å². The largest absolute Gasteiger partial charge is 0.483 e. The van der Waals surface area contributed by atoms with Crippen LogP contribution in [0.2, 0.25) is 0 Å². The number of hydrazine groups is 1. The molecule has 2 N–H and O–H groups in total. The van der Waals surface area contributed by atoms with E-state index in [1.807, 2.05) is 24.4 Å². The molecule has 0 saturated heterocycles. The van der Waals surface area contributed by atoms with E-state index in [9.17, 15) is 9.59 Å². The number of nitrogens with zero attached hydrogens (tertiary/aromatic N) is 2. The molecule has 0 aliphatic rings. The van der Waals surface area contributed by atoms with Crippen molar-refractivity contribution >= 4 is 54.8 Å². The van der Waals surface area contributed by atoms with Gasteiger partial charge in [-0.2, -0.15) is 0 Å². The van der Waals surface area contributed by atoms with Crippen LogP contribution in [0.25, 0.3) is 20.3 Å². The van der Waals surface area contributed by atoms with E-state index in [2.05, 4.69) is 34.6 Å². The third kappa shape index (κ3) is 4.77. The van der Waals surface area contributed by atoms with E-state index >= 15 is 0 Å². The van der Waals surface area contributed by atoms with Gasteiger partial charge in [-0.05, 0) is 43.6 Å². The molecule has 10 heteroatoms. The lowest BCUT2D eigenvalue weighted by atomic mass is 10.2. The van der Waals surface area contributed by atoms with Gasteiger partial charge in [-0.25, -0.2) is 4.98 Å². The molecule has 8 nitrogen and oxygen atoms in total. The van der Waals surface area contributed by atoms with Crippen LogP contribution in [-0.2, 0) is 11.3 Å². The van der Waals surface area contributed by atoms with Crippen molar-refractivity contribution in [1.29, 1.82) is 0 Å². The van der Waals surface area contributed by atoms with Crippen molar-refractivity contribution in [3.63, 3.8) is 0 Å². The van der Waals surface area contributed by atoms with E-state index in [-0.39, 0.29) is 12.4 Å². The van der Waals surface area contributed by atoms with E-state index in [1.165, 1.54) is 0 Å². The summed E-state index contributed by atoms with van der Waals surface area (Å²) in [6, 6.07) is 7.22. The van der Waals surface area contributed by atoms with Crippen molar-refractivity contribution < 1.29 is 18.7 Å². The number of benzene rings is 1. The van der Waals surface area contributed by atoms with Crippen molar-refractivity contribution in [3.8, 4) is 5.75 Å².